The molecule has 4 aliphatic rings. The normalized spacial score (nSPS) is 38.4. The Kier molecular flexibility index (Phi) is 2.50. The fourth-order valence-electron chi connectivity index (χ4n) is 5.26. The second-order valence-corrected chi connectivity index (χ2v) is 7.22. The number of hydrogen-bond acceptors (Lipinski definition) is 2. The van der Waals surface area contributed by atoms with Crippen LogP contribution in [0.15, 0.2) is 9.59 Å². The van der Waals surface area contributed by atoms with Gasteiger partial charge in [-0.1, -0.05) is 11.6 Å². The molecule has 0 aliphatic heterocycles. The van der Waals surface area contributed by atoms with Gasteiger partial charge in [-0.05, 0) is 56.3 Å². The minimum absolute atomic E-state index is 0.481. The molecule has 0 spiro atoms. The van der Waals surface area contributed by atoms with Gasteiger partial charge in [-0.25, -0.2) is 4.79 Å². The smallest absolute Gasteiger partial charge is 0.295 e. The van der Waals surface area contributed by atoms with Gasteiger partial charge in [0.15, 0.2) is 5.15 Å². The van der Waals surface area contributed by atoms with Crippen LogP contribution in [0.25, 0.3) is 0 Å². The van der Waals surface area contributed by atoms with Crippen LogP contribution in [0.4, 0.5) is 4.39 Å². The Bertz CT molecular complexity index is 658. The van der Waals surface area contributed by atoms with Gasteiger partial charge < -0.3 is 0 Å². The van der Waals surface area contributed by atoms with Gasteiger partial charge in [-0.3, -0.25) is 14.3 Å². The van der Waals surface area contributed by atoms with E-state index in [4.69, 9.17) is 11.6 Å². The van der Waals surface area contributed by atoms with Crippen molar-refractivity contribution in [2.45, 2.75) is 44.1 Å². The van der Waals surface area contributed by atoms with Crippen LogP contribution in [0.5, 0.6) is 0 Å². The molecule has 0 saturated heterocycles. The fraction of sp³-hybridized carbons (Fsp3) is 0.714. The molecule has 20 heavy (non-hydrogen) atoms. The molecule has 1 heterocycles. The topological polar surface area (TPSA) is 54.9 Å². The lowest BCUT2D eigenvalue weighted by Crippen LogP contribution is -2.59. The third kappa shape index (κ3) is 1.59. The Hall–Kier alpha value is -1.10. The maximum atomic E-state index is 13.8. The minimum Gasteiger partial charge on any atom is -0.295 e. The molecule has 4 aliphatic carbocycles. The third-order valence-electron chi connectivity index (χ3n) is 5.48. The third-order valence-corrected chi connectivity index (χ3v) is 5.74. The van der Waals surface area contributed by atoms with E-state index in [9.17, 15) is 14.0 Å². The molecule has 1 aromatic heterocycles. The van der Waals surface area contributed by atoms with E-state index in [1.165, 1.54) is 19.3 Å². The van der Waals surface area contributed by atoms with Gasteiger partial charge in [0.25, 0.3) is 5.56 Å². The molecular weight excluding hydrogens is 283 g/mol. The van der Waals surface area contributed by atoms with E-state index in [1.54, 1.807) is 0 Å². The predicted octanol–water partition coefficient (Wildman–Crippen LogP) is 2.25. The Morgan fingerprint density at radius 3 is 2.10 bits per heavy atom. The Labute approximate surface area is 120 Å². The summed E-state index contributed by atoms with van der Waals surface area (Å²) in [6.07, 6.45) is 6.06. The van der Waals surface area contributed by atoms with Crippen molar-refractivity contribution in [3.05, 3.63) is 31.8 Å². The van der Waals surface area contributed by atoms with E-state index in [2.05, 4.69) is 4.98 Å². The van der Waals surface area contributed by atoms with Crippen molar-refractivity contribution in [3.63, 3.8) is 0 Å². The van der Waals surface area contributed by atoms with Crippen molar-refractivity contribution in [2.75, 3.05) is 0 Å². The first kappa shape index (κ1) is 12.6. The highest BCUT2D eigenvalue weighted by Crippen LogP contribution is 2.58. The van der Waals surface area contributed by atoms with Crippen molar-refractivity contribution < 1.29 is 4.39 Å². The van der Waals surface area contributed by atoms with Gasteiger partial charge in [-0.15, -0.1) is 0 Å². The van der Waals surface area contributed by atoms with Crippen LogP contribution in [0.1, 0.15) is 38.5 Å². The highest BCUT2D eigenvalue weighted by molar-refractivity contribution is 6.29. The monoisotopic (exact) mass is 298 g/mol. The highest BCUT2D eigenvalue weighted by atomic mass is 35.5. The van der Waals surface area contributed by atoms with Crippen molar-refractivity contribution in [3.8, 4) is 0 Å². The Morgan fingerprint density at radius 1 is 1.10 bits per heavy atom. The van der Waals surface area contributed by atoms with Crippen molar-refractivity contribution in [1.29, 1.82) is 0 Å². The van der Waals surface area contributed by atoms with Crippen molar-refractivity contribution in [2.24, 2.45) is 17.8 Å². The van der Waals surface area contributed by atoms with Crippen LogP contribution in [0.2, 0.25) is 5.15 Å². The van der Waals surface area contributed by atoms with Crippen molar-refractivity contribution in [1.82, 2.24) is 9.55 Å². The lowest BCUT2D eigenvalue weighted by molar-refractivity contribution is -0.0476. The zero-order valence-corrected chi connectivity index (χ0v) is 11.8. The van der Waals surface area contributed by atoms with Crippen LogP contribution >= 0.6 is 11.6 Å². The lowest BCUT2D eigenvalue weighted by Gasteiger charge is -2.56. The quantitative estimate of drug-likeness (QED) is 0.809. The second-order valence-electron chi connectivity index (χ2n) is 6.84. The number of nitrogens with one attached hydrogen (secondary N) is 1. The van der Waals surface area contributed by atoms with E-state index >= 15 is 0 Å². The average Bonchev–Trinajstić information content (AvgIpc) is 2.34. The molecule has 0 radical (unpaired) electrons. The molecule has 1 aromatic rings. The molecule has 4 bridgehead atoms. The van der Waals surface area contributed by atoms with Gasteiger partial charge in [-0.2, -0.15) is 4.39 Å². The maximum Gasteiger partial charge on any atom is 0.330 e. The van der Waals surface area contributed by atoms with E-state index in [1.807, 2.05) is 0 Å². The van der Waals surface area contributed by atoms with Gasteiger partial charge in [0.2, 0.25) is 5.82 Å². The summed E-state index contributed by atoms with van der Waals surface area (Å²) in [5.41, 5.74) is -1.91. The first-order valence-corrected chi connectivity index (χ1v) is 7.57. The molecule has 4 nitrogen and oxygen atoms in total. The van der Waals surface area contributed by atoms with Crippen LogP contribution in [0.3, 0.4) is 0 Å². The highest BCUT2D eigenvalue weighted by Gasteiger charge is 2.53. The van der Waals surface area contributed by atoms with Gasteiger partial charge >= 0.3 is 5.69 Å². The van der Waals surface area contributed by atoms with Crippen LogP contribution in [-0.2, 0) is 5.54 Å². The van der Waals surface area contributed by atoms with Gasteiger partial charge in [0.05, 0.1) is 5.54 Å². The Balaban J connectivity index is 1.92. The molecule has 108 valence electrons. The van der Waals surface area contributed by atoms with Crippen LogP contribution in [0, 0.1) is 23.6 Å². The van der Waals surface area contributed by atoms with E-state index in [0.29, 0.717) is 17.8 Å². The molecule has 6 heteroatoms. The summed E-state index contributed by atoms with van der Waals surface area (Å²) in [5, 5.41) is -0.485. The van der Waals surface area contributed by atoms with Gasteiger partial charge in [0.1, 0.15) is 0 Å². The number of H-pyrrole nitrogens is 1. The summed E-state index contributed by atoms with van der Waals surface area (Å²) in [5.74, 6) is 0.686. The van der Waals surface area contributed by atoms with Gasteiger partial charge in [0, 0.05) is 0 Å². The van der Waals surface area contributed by atoms with E-state index in [0.717, 1.165) is 23.8 Å². The predicted molar refractivity (Wildman–Crippen MR) is 72.4 cm³/mol. The zero-order valence-electron chi connectivity index (χ0n) is 11.0. The first-order chi connectivity index (χ1) is 9.48. The van der Waals surface area contributed by atoms with Crippen LogP contribution in [-0.4, -0.2) is 9.55 Å². The molecule has 0 aromatic carbocycles. The number of aromatic nitrogens is 2. The summed E-state index contributed by atoms with van der Waals surface area (Å²) < 4.78 is 15.0. The first-order valence-electron chi connectivity index (χ1n) is 7.19. The molecule has 0 amide bonds. The summed E-state index contributed by atoms with van der Waals surface area (Å²) >= 11 is 5.55. The van der Waals surface area contributed by atoms with E-state index < -0.39 is 27.8 Å². The van der Waals surface area contributed by atoms with Crippen LogP contribution < -0.4 is 11.2 Å². The number of rotatable bonds is 1. The summed E-state index contributed by atoms with van der Waals surface area (Å²) in [6, 6.07) is 0. The number of hydrogen-bond donors (Lipinski definition) is 1. The molecule has 0 unspecified atom stereocenters. The summed E-state index contributed by atoms with van der Waals surface area (Å²) in [4.78, 5) is 26.7. The summed E-state index contributed by atoms with van der Waals surface area (Å²) in [6.45, 7) is 0. The minimum atomic E-state index is -1.04. The number of halogens is 2. The molecule has 4 saturated carbocycles. The van der Waals surface area contributed by atoms with Crippen molar-refractivity contribution >= 4 is 11.6 Å². The number of nitrogens with zero attached hydrogens (tertiary/aromatic N) is 1. The molecule has 1 N–H and O–H groups in total. The second kappa shape index (κ2) is 3.97. The SMILES string of the molecule is O=c1[nH]c(Cl)c(F)c(=O)n1C12CC3CC(CC(C3)C1)C2. The lowest BCUT2D eigenvalue weighted by atomic mass is 9.53. The molecular formula is C14H16ClFN2O2. The molecule has 4 fully saturated rings. The number of aromatic amines is 1. The Morgan fingerprint density at radius 2 is 1.60 bits per heavy atom. The van der Waals surface area contributed by atoms with E-state index in [-0.39, 0.29) is 0 Å². The molecule has 0 atom stereocenters. The fourth-order valence-corrected chi connectivity index (χ4v) is 5.42. The zero-order chi connectivity index (χ0) is 14.1. The standard InChI is InChI=1S/C14H16ClFN2O2/c15-11-10(16)12(19)18(13(20)17-11)14-4-7-1-8(5-14)3-9(2-7)6-14/h7-9H,1-6H2,(H,17,20). The molecule has 5 rings (SSSR count). The average molecular weight is 299 g/mol. The summed E-state index contributed by atoms with van der Waals surface area (Å²) in [7, 11) is 0. The largest absolute Gasteiger partial charge is 0.330 e. The maximum absolute atomic E-state index is 13.8.